The van der Waals surface area contributed by atoms with Gasteiger partial charge in [-0.1, -0.05) is 68.6 Å². The number of benzene rings is 2. The van der Waals surface area contributed by atoms with Crippen molar-refractivity contribution in [1.82, 2.24) is 0 Å². The predicted molar refractivity (Wildman–Crippen MR) is 91.2 cm³/mol. The first-order chi connectivity index (χ1) is 9.44. The normalized spacial score (nSPS) is 14.1. The third-order valence-corrected chi connectivity index (χ3v) is 4.78. The molecule has 2 rings (SSSR count). The van der Waals surface area contributed by atoms with E-state index >= 15 is 0 Å². The van der Waals surface area contributed by atoms with Crippen LogP contribution in [0.4, 0.5) is 0 Å². The molecule has 0 aliphatic rings. The van der Waals surface area contributed by atoms with E-state index in [1.165, 1.54) is 0 Å². The van der Waals surface area contributed by atoms with E-state index < -0.39 is 5.60 Å². The molecule has 2 aromatic rings. The minimum Gasteiger partial charge on any atom is -0.385 e. The Morgan fingerprint density at radius 2 is 1.80 bits per heavy atom. The van der Waals surface area contributed by atoms with Gasteiger partial charge in [0.15, 0.2) is 0 Å². The van der Waals surface area contributed by atoms with Crippen LogP contribution in [-0.4, -0.2) is 5.11 Å². The van der Waals surface area contributed by atoms with Gasteiger partial charge in [-0.3, -0.25) is 0 Å². The molecule has 1 nitrogen and oxygen atoms in total. The Bertz CT molecular complexity index is 615. The fraction of sp³-hybridized carbons (Fsp3) is 0.250. The molecule has 4 heteroatoms. The Kier molecular flexibility index (Phi) is 5.30. The van der Waals surface area contributed by atoms with Crippen molar-refractivity contribution in [1.29, 1.82) is 0 Å². The summed E-state index contributed by atoms with van der Waals surface area (Å²) in [6, 6.07) is 13.5. The van der Waals surface area contributed by atoms with Gasteiger partial charge in [-0.15, -0.1) is 0 Å². The van der Waals surface area contributed by atoms with E-state index in [0.717, 1.165) is 20.1 Å². The Morgan fingerprint density at radius 3 is 2.40 bits per heavy atom. The summed E-state index contributed by atoms with van der Waals surface area (Å²) in [6.07, 6.45) is 1.11. The molecule has 0 heterocycles. The third kappa shape index (κ3) is 3.64. The summed E-state index contributed by atoms with van der Waals surface area (Å²) in [4.78, 5) is 0. The van der Waals surface area contributed by atoms with Crippen molar-refractivity contribution in [3.8, 4) is 0 Å². The molecule has 1 unspecified atom stereocenters. The van der Waals surface area contributed by atoms with Gasteiger partial charge in [-0.2, -0.15) is 0 Å². The molecule has 20 heavy (non-hydrogen) atoms. The predicted octanol–water partition coefficient (Wildman–Crippen LogP) is 5.71. The highest BCUT2D eigenvalue weighted by Gasteiger charge is 2.28. The van der Waals surface area contributed by atoms with Crippen molar-refractivity contribution in [2.75, 3.05) is 0 Å². The van der Waals surface area contributed by atoms with Crippen molar-refractivity contribution in [3.05, 3.63) is 67.6 Å². The first-order valence-electron chi connectivity index (χ1n) is 6.37. The molecule has 0 radical (unpaired) electrons. The second-order valence-corrected chi connectivity index (χ2v) is 7.05. The van der Waals surface area contributed by atoms with Crippen molar-refractivity contribution < 1.29 is 5.11 Å². The highest BCUT2D eigenvalue weighted by atomic mass is 79.9. The van der Waals surface area contributed by atoms with E-state index in [0.29, 0.717) is 17.9 Å². The second-order valence-electron chi connectivity index (χ2n) is 4.81. The summed E-state index contributed by atoms with van der Waals surface area (Å²) >= 11 is 13.1. The lowest BCUT2D eigenvalue weighted by molar-refractivity contribution is 0.0327. The van der Waals surface area contributed by atoms with Crippen molar-refractivity contribution in [3.63, 3.8) is 0 Å². The third-order valence-electron chi connectivity index (χ3n) is 3.44. The summed E-state index contributed by atoms with van der Waals surface area (Å²) in [5.74, 6) is 0. The van der Waals surface area contributed by atoms with E-state index in [4.69, 9.17) is 11.6 Å². The number of hydrogen-bond donors (Lipinski definition) is 1. The van der Waals surface area contributed by atoms with E-state index in [1.807, 2.05) is 49.4 Å². The number of halogens is 3. The highest BCUT2D eigenvalue weighted by molar-refractivity contribution is 9.10. The van der Waals surface area contributed by atoms with Gasteiger partial charge in [0.25, 0.3) is 0 Å². The van der Waals surface area contributed by atoms with Gasteiger partial charge < -0.3 is 5.11 Å². The molecule has 1 atom stereocenters. The van der Waals surface area contributed by atoms with Crippen LogP contribution in [0.5, 0.6) is 0 Å². The Hall–Kier alpha value is -0.350. The van der Waals surface area contributed by atoms with Gasteiger partial charge in [0.05, 0.1) is 5.60 Å². The van der Waals surface area contributed by atoms with Crippen LogP contribution in [0.2, 0.25) is 5.02 Å². The SMILES string of the molecule is CCC(O)(Cc1ccc(Br)cc1Cl)c1cccc(Br)c1. The molecule has 0 amide bonds. The van der Waals surface area contributed by atoms with E-state index in [9.17, 15) is 5.11 Å². The van der Waals surface area contributed by atoms with Crippen molar-refractivity contribution >= 4 is 43.5 Å². The monoisotopic (exact) mass is 416 g/mol. The van der Waals surface area contributed by atoms with Gasteiger partial charge in [0.1, 0.15) is 0 Å². The quantitative estimate of drug-likeness (QED) is 0.675. The van der Waals surface area contributed by atoms with Gasteiger partial charge in [0, 0.05) is 20.4 Å². The lowest BCUT2D eigenvalue weighted by Crippen LogP contribution is -2.27. The fourth-order valence-electron chi connectivity index (χ4n) is 2.19. The summed E-state index contributed by atoms with van der Waals surface area (Å²) in [5.41, 5.74) is 0.925. The lowest BCUT2D eigenvalue weighted by atomic mass is 9.85. The van der Waals surface area contributed by atoms with Crippen LogP contribution in [-0.2, 0) is 12.0 Å². The van der Waals surface area contributed by atoms with Crippen LogP contribution >= 0.6 is 43.5 Å². The standard InChI is InChI=1S/C16H15Br2ClO/c1-2-16(20,12-4-3-5-13(17)8-12)10-11-6-7-14(18)9-15(11)19/h3-9,20H,2,10H2,1H3. The van der Waals surface area contributed by atoms with Gasteiger partial charge in [-0.25, -0.2) is 0 Å². The largest absolute Gasteiger partial charge is 0.385 e. The van der Waals surface area contributed by atoms with Gasteiger partial charge in [-0.05, 0) is 41.8 Å². The zero-order valence-corrected chi connectivity index (χ0v) is 15.0. The lowest BCUT2D eigenvalue weighted by Gasteiger charge is -2.28. The van der Waals surface area contributed by atoms with Gasteiger partial charge >= 0.3 is 0 Å². The molecular weight excluding hydrogens is 403 g/mol. The van der Waals surface area contributed by atoms with E-state index in [1.54, 1.807) is 0 Å². The maximum atomic E-state index is 11.0. The van der Waals surface area contributed by atoms with Crippen LogP contribution in [0.15, 0.2) is 51.4 Å². The molecule has 0 saturated heterocycles. The molecule has 0 fully saturated rings. The molecule has 0 saturated carbocycles. The average Bonchev–Trinajstić information content (AvgIpc) is 2.42. The highest BCUT2D eigenvalue weighted by Crippen LogP contribution is 2.33. The topological polar surface area (TPSA) is 20.2 Å². The maximum Gasteiger partial charge on any atom is 0.0935 e. The average molecular weight is 419 g/mol. The minimum absolute atomic E-state index is 0.492. The zero-order valence-electron chi connectivity index (χ0n) is 11.0. The maximum absolute atomic E-state index is 11.0. The van der Waals surface area contributed by atoms with Crippen LogP contribution in [0.1, 0.15) is 24.5 Å². The summed E-state index contributed by atoms with van der Waals surface area (Å²) in [7, 11) is 0. The summed E-state index contributed by atoms with van der Waals surface area (Å²) < 4.78 is 1.90. The summed E-state index contributed by atoms with van der Waals surface area (Å²) in [5, 5.41) is 11.6. The molecule has 0 aromatic heterocycles. The van der Waals surface area contributed by atoms with Crippen molar-refractivity contribution in [2.45, 2.75) is 25.4 Å². The number of hydrogen-bond acceptors (Lipinski definition) is 1. The molecule has 1 N–H and O–H groups in total. The smallest absolute Gasteiger partial charge is 0.0935 e. The molecule has 0 bridgehead atoms. The first-order valence-corrected chi connectivity index (χ1v) is 8.33. The molecule has 2 aromatic carbocycles. The fourth-order valence-corrected chi connectivity index (χ4v) is 3.33. The number of aliphatic hydroxyl groups is 1. The molecule has 106 valence electrons. The van der Waals surface area contributed by atoms with Crippen LogP contribution < -0.4 is 0 Å². The number of rotatable bonds is 4. The Balaban J connectivity index is 2.36. The molecule has 0 spiro atoms. The van der Waals surface area contributed by atoms with E-state index in [2.05, 4.69) is 31.9 Å². The minimum atomic E-state index is -0.915. The van der Waals surface area contributed by atoms with Crippen LogP contribution in [0.3, 0.4) is 0 Å². The van der Waals surface area contributed by atoms with E-state index in [-0.39, 0.29) is 0 Å². The van der Waals surface area contributed by atoms with Crippen molar-refractivity contribution in [2.24, 2.45) is 0 Å². The molecule has 0 aliphatic carbocycles. The summed E-state index contributed by atoms with van der Waals surface area (Å²) in [6.45, 7) is 1.98. The molecular formula is C16H15Br2ClO. The first kappa shape index (κ1) is 16.0. The van der Waals surface area contributed by atoms with Gasteiger partial charge in [0.2, 0.25) is 0 Å². The van der Waals surface area contributed by atoms with Crippen LogP contribution in [0.25, 0.3) is 0 Å². The zero-order chi connectivity index (χ0) is 14.8. The van der Waals surface area contributed by atoms with Crippen LogP contribution in [0, 0.1) is 0 Å². The molecule has 0 aliphatic heterocycles. The Labute approximate surface area is 141 Å². The second kappa shape index (κ2) is 6.61. The Morgan fingerprint density at radius 1 is 1.10 bits per heavy atom.